The first kappa shape index (κ1) is 16.3. The maximum Gasteiger partial charge on any atom is 0.173 e. The van der Waals surface area contributed by atoms with E-state index in [0.717, 1.165) is 40.9 Å². The molecule has 120 valence electrons. The molecule has 1 saturated heterocycles. The summed E-state index contributed by atoms with van der Waals surface area (Å²) < 4.78 is 0. The molecule has 0 aromatic heterocycles. The van der Waals surface area contributed by atoms with Crippen molar-refractivity contribution in [3.8, 4) is 0 Å². The van der Waals surface area contributed by atoms with Gasteiger partial charge >= 0.3 is 0 Å². The van der Waals surface area contributed by atoms with Crippen LogP contribution in [0.25, 0.3) is 0 Å². The average molecular weight is 345 g/mol. The molecule has 0 bridgehead atoms. The molecule has 1 fully saturated rings. The Morgan fingerprint density at radius 2 is 1.91 bits per heavy atom. The number of hydrogen-bond acceptors (Lipinski definition) is 1. The maximum atomic E-state index is 6.18. The summed E-state index contributed by atoms with van der Waals surface area (Å²) in [6.45, 7) is 6.08. The summed E-state index contributed by atoms with van der Waals surface area (Å²) in [5, 5.41) is 4.84. The Balaban J connectivity index is 1.63. The lowest BCUT2D eigenvalue weighted by Crippen LogP contribution is -2.32. The van der Waals surface area contributed by atoms with Gasteiger partial charge in [-0.1, -0.05) is 47.5 Å². The minimum Gasteiger partial charge on any atom is -0.348 e. The van der Waals surface area contributed by atoms with Crippen molar-refractivity contribution in [1.82, 2.24) is 4.90 Å². The van der Waals surface area contributed by atoms with Crippen LogP contribution in [-0.2, 0) is 0 Å². The highest BCUT2D eigenvalue weighted by Gasteiger charge is 2.25. The number of benzene rings is 2. The molecular formula is C19H21ClN2S. The highest BCUT2D eigenvalue weighted by Crippen LogP contribution is 2.28. The summed E-state index contributed by atoms with van der Waals surface area (Å²) >= 11 is 11.7. The first-order chi connectivity index (χ1) is 11.0. The van der Waals surface area contributed by atoms with Crippen LogP contribution >= 0.6 is 23.8 Å². The van der Waals surface area contributed by atoms with Crippen molar-refractivity contribution < 1.29 is 0 Å². The molecule has 0 amide bonds. The van der Waals surface area contributed by atoms with Gasteiger partial charge in [0.15, 0.2) is 5.11 Å². The van der Waals surface area contributed by atoms with E-state index in [4.69, 9.17) is 23.8 Å². The minimum absolute atomic E-state index is 0.553. The van der Waals surface area contributed by atoms with Crippen molar-refractivity contribution in [1.29, 1.82) is 0 Å². The third-order valence-corrected chi connectivity index (χ3v) is 5.21. The standard InChI is InChI=1S/C19H21ClN2S/c1-13-3-6-15(7-4-13)16-9-10-22(12-16)19(23)21-17-8-5-14(2)18(20)11-17/h3-8,11,16H,9-10,12H2,1-2H3,(H,21,23)/t16-/m0/s1. The van der Waals surface area contributed by atoms with E-state index in [1.165, 1.54) is 11.1 Å². The van der Waals surface area contributed by atoms with E-state index in [9.17, 15) is 0 Å². The molecule has 2 nitrogen and oxygen atoms in total. The van der Waals surface area contributed by atoms with Gasteiger partial charge in [-0.3, -0.25) is 0 Å². The Bertz CT molecular complexity index is 712. The maximum absolute atomic E-state index is 6.18. The monoisotopic (exact) mass is 344 g/mol. The van der Waals surface area contributed by atoms with Gasteiger partial charge < -0.3 is 10.2 Å². The van der Waals surface area contributed by atoms with Crippen molar-refractivity contribution >= 4 is 34.6 Å². The number of nitrogens with zero attached hydrogens (tertiary/aromatic N) is 1. The van der Waals surface area contributed by atoms with Crippen molar-refractivity contribution in [2.45, 2.75) is 26.2 Å². The van der Waals surface area contributed by atoms with E-state index < -0.39 is 0 Å². The molecule has 1 aliphatic heterocycles. The van der Waals surface area contributed by atoms with E-state index in [2.05, 4.69) is 41.4 Å². The molecule has 0 unspecified atom stereocenters. The van der Waals surface area contributed by atoms with Crippen LogP contribution in [0.2, 0.25) is 5.02 Å². The molecule has 1 aliphatic rings. The Morgan fingerprint density at radius 1 is 1.17 bits per heavy atom. The molecule has 2 aromatic rings. The Labute approximate surface area is 148 Å². The Morgan fingerprint density at radius 3 is 2.61 bits per heavy atom. The largest absolute Gasteiger partial charge is 0.348 e. The van der Waals surface area contributed by atoms with E-state index in [1.807, 2.05) is 25.1 Å². The second-order valence-corrected chi connectivity index (χ2v) is 7.03. The molecule has 1 atom stereocenters. The fraction of sp³-hybridized carbons (Fsp3) is 0.316. The molecule has 2 aromatic carbocycles. The normalized spacial score (nSPS) is 17.3. The van der Waals surface area contributed by atoms with Crippen LogP contribution < -0.4 is 5.32 Å². The van der Waals surface area contributed by atoms with Crippen LogP contribution in [0, 0.1) is 13.8 Å². The van der Waals surface area contributed by atoms with Crippen LogP contribution in [0.15, 0.2) is 42.5 Å². The number of thiocarbonyl (C=S) groups is 1. The topological polar surface area (TPSA) is 15.3 Å². The molecule has 0 aliphatic carbocycles. The van der Waals surface area contributed by atoms with Crippen molar-refractivity contribution in [3.63, 3.8) is 0 Å². The third-order valence-electron chi connectivity index (χ3n) is 4.45. The van der Waals surface area contributed by atoms with Gasteiger partial charge in [-0.05, 0) is 55.7 Å². The van der Waals surface area contributed by atoms with Gasteiger partial charge in [0.05, 0.1) is 0 Å². The van der Waals surface area contributed by atoms with Gasteiger partial charge in [-0.25, -0.2) is 0 Å². The summed E-state index contributed by atoms with van der Waals surface area (Å²) in [7, 11) is 0. The van der Waals surface area contributed by atoms with Crippen LogP contribution in [0.3, 0.4) is 0 Å². The molecule has 4 heteroatoms. The van der Waals surface area contributed by atoms with Crippen molar-refractivity contribution in [2.24, 2.45) is 0 Å². The number of halogens is 1. The van der Waals surface area contributed by atoms with Gasteiger partial charge in [-0.15, -0.1) is 0 Å². The molecular weight excluding hydrogens is 324 g/mol. The summed E-state index contributed by atoms with van der Waals surface area (Å²) in [4.78, 5) is 2.24. The molecule has 1 N–H and O–H groups in total. The summed E-state index contributed by atoms with van der Waals surface area (Å²) in [6, 6.07) is 14.8. The second kappa shape index (κ2) is 6.90. The van der Waals surface area contributed by atoms with Crippen molar-refractivity contribution in [3.05, 3.63) is 64.2 Å². The van der Waals surface area contributed by atoms with Crippen LogP contribution in [0.1, 0.15) is 29.0 Å². The molecule has 0 spiro atoms. The zero-order valence-electron chi connectivity index (χ0n) is 13.5. The highest BCUT2D eigenvalue weighted by atomic mass is 35.5. The van der Waals surface area contributed by atoms with Gasteiger partial charge in [0.2, 0.25) is 0 Å². The fourth-order valence-electron chi connectivity index (χ4n) is 2.93. The Kier molecular flexibility index (Phi) is 4.88. The van der Waals surface area contributed by atoms with Gasteiger partial charge in [0.1, 0.15) is 0 Å². The SMILES string of the molecule is Cc1ccc([C@H]2CCN(C(=S)Nc3ccc(C)c(Cl)c3)C2)cc1. The Hall–Kier alpha value is -1.58. The molecule has 1 heterocycles. The van der Waals surface area contributed by atoms with E-state index >= 15 is 0 Å². The molecule has 3 rings (SSSR count). The van der Waals surface area contributed by atoms with Crippen LogP contribution in [0.4, 0.5) is 5.69 Å². The van der Waals surface area contributed by atoms with E-state index in [0.29, 0.717) is 5.92 Å². The first-order valence-corrected chi connectivity index (χ1v) is 8.70. The highest BCUT2D eigenvalue weighted by molar-refractivity contribution is 7.80. The fourth-order valence-corrected chi connectivity index (χ4v) is 3.39. The number of likely N-dealkylation sites (tertiary alicyclic amines) is 1. The smallest absolute Gasteiger partial charge is 0.173 e. The number of nitrogens with one attached hydrogen (secondary N) is 1. The zero-order valence-corrected chi connectivity index (χ0v) is 15.0. The molecule has 0 radical (unpaired) electrons. The number of anilines is 1. The molecule has 23 heavy (non-hydrogen) atoms. The number of rotatable bonds is 2. The van der Waals surface area contributed by atoms with Gasteiger partial charge in [0, 0.05) is 29.7 Å². The minimum atomic E-state index is 0.553. The quantitative estimate of drug-likeness (QED) is 0.759. The number of hydrogen-bond donors (Lipinski definition) is 1. The predicted octanol–water partition coefficient (Wildman–Crippen LogP) is 5.14. The van der Waals surface area contributed by atoms with E-state index in [1.54, 1.807) is 0 Å². The summed E-state index contributed by atoms with van der Waals surface area (Å²) in [6.07, 6.45) is 1.14. The van der Waals surface area contributed by atoms with Gasteiger partial charge in [0.25, 0.3) is 0 Å². The average Bonchev–Trinajstić information content (AvgIpc) is 3.02. The first-order valence-electron chi connectivity index (χ1n) is 7.91. The van der Waals surface area contributed by atoms with Crippen LogP contribution in [-0.4, -0.2) is 23.1 Å². The lowest BCUT2D eigenvalue weighted by Gasteiger charge is -2.21. The third kappa shape index (κ3) is 3.85. The van der Waals surface area contributed by atoms with Gasteiger partial charge in [-0.2, -0.15) is 0 Å². The summed E-state index contributed by atoms with van der Waals surface area (Å²) in [5.74, 6) is 0.553. The van der Waals surface area contributed by atoms with E-state index in [-0.39, 0.29) is 0 Å². The molecule has 0 saturated carbocycles. The predicted molar refractivity (Wildman–Crippen MR) is 103 cm³/mol. The lowest BCUT2D eigenvalue weighted by atomic mass is 9.98. The lowest BCUT2D eigenvalue weighted by molar-refractivity contribution is 0.518. The van der Waals surface area contributed by atoms with Crippen molar-refractivity contribution in [2.75, 3.05) is 18.4 Å². The summed E-state index contributed by atoms with van der Waals surface area (Å²) in [5.41, 5.74) is 4.73. The number of aryl methyl sites for hydroxylation is 2. The zero-order chi connectivity index (χ0) is 16.4. The second-order valence-electron chi connectivity index (χ2n) is 6.24. The van der Waals surface area contributed by atoms with Crippen LogP contribution in [0.5, 0.6) is 0 Å².